The summed E-state index contributed by atoms with van der Waals surface area (Å²) in [6.07, 6.45) is 9.95. The maximum absolute atomic E-state index is 14.2. The van der Waals surface area contributed by atoms with Crippen molar-refractivity contribution in [1.82, 2.24) is 0 Å². The summed E-state index contributed by atoms with van der Waals surface area (Å²) in [7, 11) is 0. The topological polar surface area (TPSA) is 74.6 Å². The van der Waals surface area contributed by atoms with E-state index in [-0.39, 0.29) is 50.8 Å². The van der Waals surface area contributed by atoms with Gasteiger partial charge in [0, 0.05) is 5.92 Å². The SMILES string of the molecule is CC1(C)[C@H](O)CC[C@]2(C)[C@H]3C(=O)C=C4[C@@H]5C[C@@](C)(C(=O)O)CC[C@]5(C)CC[C@@]4(C)[C@]3(C)CC[C@@H]12. The minimum absolute atomic E-state index is 0.0296. The number of carboxylic acids is 1. The fraction of sp³-hybridized carbons (Fsp3) is 0.867. The van der Waals surface area contributed by atoms with Crippen LogP contribution >= 0.6 is 0 Å². The second kappa shape index (κ2) is 6.99. The van der Waals surface area contributed by atoms with Crippen LogP contribution in [0.5, 0.6) is 0 Å². The van der Waals surface area contributed by atoms with Gasteiger partial charge in [-0.2, -0.15) is 0 Å². The van der Waals surface area contributed by atoms with E-state index in [4.69, 9.17) is 0 Å². The van der Waals surface area contributed by atoms with Gasteiger partial charge >= 0.3 is 5.97 Å². The number of carboxylic acid groups (broad SMARTS) is 1. The Hall–Kier alpha value is -1.16. The van der Waals surface area contributed by atoms with E-state index in [0.29, 0.717) is 12.3 Å². The molecule has 0 aliphatic heterocycles. The van der Waals surface area contributed by atoms with E-state index in [1.807, 2.05) is 13.0 Å². The van der Waals surface area contributed by atoms with Crippen molar-refractivity contribution in [1.29, 1.82) is 0 Å². The normalized spacial score (nSPS) is 54.1. The molecule has 4 heteroatoms. The first kappa shape index (κ1) is 24.5. The molecule has 0 aromatic rings. The highest BCUT2D eigenvalue weighted by molar-refractivity contribution is 5.95. The Kier molecular flexibility index (Phi) is 5.04. The first-order chi connectivity index (χ1) is 15.6. The van der Waals surface area contributed by atoms with Crippen LogP contribution in [0.1, 0.15) is 106 Å². The quantitative estimate of drug-likeness (QED) is 0.464. The lowest BCUT2D eigenvalue weighted by Crippen LogP contribution is -2.66. The van der Waals surface area contributed by atoms with E-state index in [1.165, 1.54) is 5.57 Å². The van der Waals surface area contributed by atoms with Crippen LogP contribution in [0.15, 0.2) is 11.6 Å². The third kappa shape index (κ3) is 2.81. The molecule has 0 radical (unpaired) electrons. The molecule has 0 aromatic carbocycles. The lowest BCUT2D eigenvalue weighted by Gasteiger charge is -2.70. The Bertz CT molecular complexity index is 965. The second-order valence-corrected chi connectivity index (χ2v) is 14.9. The Morgan fingerprint density at radius 3 is 2.21 bits per heavy atom. The number of allylic oxidation sites excluding steroid dienone is 2. The lowest BCUT2D eigenvalue weighted by atomic mass is 9.33. The molecule has 9 atom stereocenters. The van der Waals surface area contributed by atoms with E-state index in [2.05, 4.69) is 41.5 Å². The number of rotatable bonds is 1. The van der Waals surface area contributed by atoms with Crippen molar-refractivity contribution in [3.8, 4) is 0 Å². The standard InChI is InChI=1S/C30H46O4/c1-25(2)21-8-11-30(7)23(28(21,5)10-9-22(25)32)20(31)16-18-19-17-27(4,24(33)34)13-12-26(19,3)14-15-29(18,30)6/h16,19,21-23,32H,8-15,17H2,1-7H3,(H,33,34)/t19-,21-,22+,23+,26+,27-,28-,29+,30+/m0/s1. The van der Waals surface area contributed by atoms with Gasteiger partial charge in [0.2, 0.25) is 0 Å². The van der Waals surface area contributed by atoms with Gasteiger partial charge in [-0.3, -0.25) is 9.59 Å². The number of hydrogen-bond donors (Lipinski definition) is 2. The Balaban J connectivity index is 1.62. The summed E-state index contributed by atoms with van der Waals surface area (Å²) in [6.45, 7) is 15.8. The Morgan fingerprint density at radius 1 is 0.912 bits per heavy atom. The molecule has 5 aliphatic rings. The number of carbonyl (C=O) groups is 2. The first-order valence-electron chi connectivity index (χ1n) is 13.7. The zero-order valence-electron chi connectivity index (χ0n) is 22.5. The highest BCUT2D eigenvalue weighted by Crippen LogP contribution is 2.75. The maximum Gasteiger partial charge on any atom is 0.309 e. The number of aliphatic hydroxyl groups excluding tert-OH is 1. The number of carbonyl (C=O) groups excluding carboxylic acids is 1. The highest BCUT2D eigenvalue weighted by atomic mass is 16.4. The van der Waals surface area contributed by atoms with Crippen LogP contribution in [0.4, 0.5) is 0 Å². The summed E-state index contributed by atoms with van der Waals surface area (Å²) < 4.78 is 0. The van der Waals surface area contributed by atoms with Crippen LogP contribution in [0.3, 0.4) is 0 Å². The summed E-state index contributed by atoms with van der Waals surface area (Å²) in [4.78, 5) is 26.4. The summed E-state index contributed by atoms with van der Waals surface area (Å²) >= 11 is 0. The zero-order valence-corrected chi connectivity index (χ0v) is 22.5. The molecule has 0 aromatic heterocycles. The largest absolute Gasteiger partial charge is 0.481 e. The number of fused-ring (bicyclic) bond motifs is 7. The summed E-state index contributed by atoms with van der Waals surface area (Å²) in [6, 6.07) is 0. The molecule has 0 heterocycles. The van der Waals surface area contributed by atoms with Crippen molar-refractivity contribution >= 4 is 11.8 Å². The van der Waals surface area contributed by atoms with Crippen molar-refractivity contribution < 1.29 is 19.8 Å². The van der Waals surface area contributed by atoms with Crippen LogP contribution in [-0.2, 0) is 9.59 Å². The number of ketones is 1. The van der Waals surface area contributed by atoms with Gasteiger partial charge in [-0.15, -0.1) is 0 Å². The first-order valence-corrected chi connectivity index (χ1v) is 13.7. The van der Waals surface area contributed by atoms with Crippen LogP contribution < -0.4 is 0 Å². The van der Waals surface area contributed by atoms with Gasteiger partial charge in [-0.25, -0.2) is 0 Å². The van der Waals surface area contributed by atoms with Crippen LogP contribution in [0.2, 0.25) is 0 Å². The highest BCUT2D eigenvalue weighted by Gasteiger charge is 2.70. The second-order valence-electron chi connectivity index (χ2n) is 14.9. The average Bonchev–Trinajstić information content (AvgIpc) is 2.73. The van der Waals surface area contributed by atoms with E-state index < -0.39 is 11.4 Å². The molecule has 5 rings (SSSR count). The van der Waals surface area contributed by atoms with Gasteiger partial charge in [-0.1, -0.05) is 47.1 Å². The van der Waals surface area contributed by atoms with Gasteiger partial charge < -0.3 is 10.2 Å². The minimum Gasteiger partial charge on any atom is -0.481 e. The van der Waals surface area contributed by atoms with Gasteiger partial charge in [0.25, 0.3) is 0 Å². The Labute approximate surface area is 206 Å². The molecule has 0 amide bonds. The van der Waals surface area contributed by atoms with Gasteiger partial charge in [0.1, 0.15) is 0 Å². The monoisotopic (exact) mass is 470 g/mol. The molecule has 190 valence electrons. The molecule has 4 nitrogen and oxygen atoms in total. The van der Waals surface area contributed by atoms with Crippen molar-refractivity contribution in [3.05, 3.63) is 11.6 Å². The molecule has 0 unspecified atom stereocenters. The lowest BCUT2D eigenvalue weighted by molar-refractivity contribution is -0.202. The Morgan fingerprint density at radius 2 is 1.56 bits per heavy atom. The molecule has 34 heavy (non-hydrogen) atoms. The molecule has 0 bridgehead atoms. The minimum atomic E-state index is -0.711. The molecule has 0 saturated heterocycles. The summed E-state index contributed by atoms with van der Waals surface area (Å²) in [5.41, 5.74) is 0.142. The fourth-order valence-electron chi connectivity index (χ4n) is 10.4. The predicted molar refractivity (Wildman–Crippen MR) is 133 cm³/mol. The van der Waals surface area contributed by atoms with Crippen molar-refractivity contribution in [2.75, 3.05) is 0 Å². The number of aliphatic carboxylic acids is 1. The van der Waals surface area contributed by atoms with Gasteiger partial charge in [0.05, 0.1) is 11.5 Å². The van der Waals surface area contributed by atoms with Crippen molar-refractivity contribution in [3.63, 3.8) is 0 Å². The summed E-state index contributed by atoms with van der Waals surface area (Å²) in [5.74, 6) is 0.0603. The third-order valence-corrected chi connectivity index (χ3v) is 13.1. The molecule has 2 N–H and O–H groups in total. The molecule has 5 aliphatic carbocycles. The van der Waals surface area contributed by atoms with Crippen LogP contribution in [0, 0.1) is 50.2 Å². The number of hydrogen-bond acceptors (Lipinski definition) is 3. The van der Waals surface area contributed by atoms with Crippen molar-refractivity contribution in [2.45, 2.75) is 112 Å². The predicted octanol–water partition coefficient (Wildman–Crippen LogP) is 6.41. The molecule has 4 saturated carbocycles. The van der Waals surface area contributed by atoms with Gasteiger partial charge in [0.15, 0.2) is 5.78 Å². The van der Waals surface area contributed by atoms with Crippen molar-refractivity contribution in [2.24, 2.45) is 50.2 Å². The van der Waals surface area contributed by atoms with Crippen LogP contribution in [0.25, 0.3) is 0 Å². The molecular formula is C30H46O4. The van der Waals surface area contributed by atoms with E-state index in [1.54, 1.807) is 0 Å². The average molecular weight is 471 g/mol. The smallest absolute Gasteiger partial charge is 0.309 e. The maximum atomic E-state index is 14.2. The fourth-order valence-corrected chi connectivity index (χ4v) is 10.4. The summed E-state index contributed by atoms with van der Waals surface area (Å²) in [5, 5.41) is 20.9. The molecule has 4 fully saturated rings. The van der Waals surface area contributed by atoms with Crippen LogP contribution in [-0.4, -0.2) is 28.1 Å². The molecule has 0 spiro atoms. The van der Waals surface area contributed by atoms with Gasteiger partial charge in [-0.05, 0) is 110 Å². The third-order valence-electron chi connectivity index (χ3n) is 13.1. The van der Waals surface area contributed by atoms with E-state index in [9.17, 15) is 19.8 Å². The van der Waals surface area contributed by atoms with E-state index in [0.717, 1.165) is 51.4 Å². The zero-order chi connectivity index (χ0) is 25.1. The molecular weight excluding hydrogens is 424 g/mol. The number of aliphatic hydroxyl groups is 1. The van der Waals surface area contributed by atoms with E-state index >= 15 is 0 Å².